The van der Waals surface area contributed by atoms with Gasteiger partial charge in [0.1, 0.15) is 45.6 Å². The van der Waals surface area contributed by atoms with Crippen molar-refractivity contribution in [2.75, 3.05) is 0 Å². The standard InChI is InChI=1S/C16H8N8O4/c1-2-10-12(20-26-18-10)5-6-14-16(24-28-22-14)8-7-15-13(21-27-23-15)4-3-11-9(1)17-25-19-11/h1-8H/b2-1-,4-3-,6-5-,8-7?. The van der Waals surface area contributed by atoms with Crippen LogP contribution in [0.5, 0.6) is 0 Å². The van der Waals surface area contributed by atoms with Crippen molar-refractivity contribution in [1.29, 1.82) is 0 Å². The highest BCUT2D eigenvalue weighted by atomic mass is 16.6. The van der Waals surface area contributed by atoms with E-state index < -0.39 is 0 Å². The zero-order chi connectivity index (χ0) is 18.8. The fourth-order valence-electron chi connectivity index (χ4n) is 2.37. The molecule has 0 N–H and O–H groups in total. The molecule has 12 nitrogen and oxygen atoms in total. The molecule has 0 fully saturated rings. The van der Waals surface area contributed by atoms with E-state index in [1.54, 1.807) is 48.6 Å². The summed E-state index contributed by atoms with van der Waals surface area (Å²) in [6, 6.07) is 0. The molecule has 4 heterocycles. The van der Waals surface area contributed by atoms with E-state index in [4.69, 9.17) is 18.5 Å². The average Bonchev–Trinajstić information content (AvgIpc) is 3.49. The van der Waals surface area contributed by atoms with Crippen molar-refractivity contribution in [3.05, 3.63) is 45.6 Å². The Labute approximate surface area is 154 Å². The number of rotatable bonds is 0. The molecule has 0 atom stereocenters. The van der Waals surface area contributed by atoms with Gasteiger partial charge in [0.2, 0.25) is 0 Å². The number of hydrogen-bond donors (Lipinski definition) is 0. The monoisotopic (exact) mass is 376 g/mol. The third-order valence-corrected chi connectivity index (χ3v) is 3.76. The molecule has 0 aliphatic heterocycles. The minimum Gasteiger partial charge on any atom is -0.243 e. The van der Waals surface area contributed by atoms with E-state index in [-0.39, 0.29) is 0 Å². The predicted octanol–water partition coefficient (Wildman–Crippen LogP) is 2.21. The van der Waals surface area contributed by atoms with Crippen LogP contribution in [0.4, 0.5) is 0 Å². The van der Waals surface area contributed by atoms with Crippen LogP contribution in [0.2, 0.25) is 0 Å². The molecule has 136 valence electrons. The minimum absolute atomic E-state index is 0.484. The van der Waals surface area contributed by atoms with Gasteiger partial charge < -0.3 is 0 Å². The molecule has 4 aromatic rings. The highest BCUT2D eigenvalue weighted by Crippen LogP contribution is 2.18. The Morgan fingerprint density at radius 2 is 0.429 bits per heavy atom. The van der Waals surface area contributed by atoms with Gasteiger partial charge in [-0.1, -0.05) is 0 Å². The Morgan fingerprint density at radius 1 is 0.286 bits per heavy atom. The summed E-state index contributed by atoms with van der Waals surface area (Å²) in [4.78, 5) is 0. The second kappa shape index (κ2) is 6.68. The van der Waals surface area contributed by atoms with Crippen molar-refractivity contribution in [2.45, 2.75) is 0 Å². The van der Waals surface area contributed by atoms with E-state index >= 15 is 0 Å². The van der Waals surface area contributed by atoms with Crippen molar-refractivity contribution < 1.29 is 18.5 Å². The first-order valence-corrected chi connectivity index (χ1v) is 7.89. The number of hydrogen-bond acceptors (Lipinski definition) is 12. The lowest BCUT2D eigenvalue weighted by atomic mass is 10.2. The molecule has 0 amide bonds. The number of aromatic nitrogens is 8. The van der Waals surface area contributed by atoms with Crippen molar-refractivity contribution in [3.63, 3.8) is 0 Å². The topological polar surface area (TPSA) is 156 Å². The van der Waals surface area contributed by atoms with Crippen molar-refractivity contribution in [3.8, 4) is 0 Å². The molecule has 0 unspecified atom stereocenters. The number of nitrogens with zero attached hydrogens (tertiary/aromatic N) is 8. The maximum absolute atomic E-state index is 4.81. The van der Waals surface area contributed by atoms with E-state index in [0.29, 0.717) is 45.6 Å². The van der Waals surface area contributed by atoms with Gasteiger partial charge in [0.05, 0.1) is 0 Å². The van der Waals surface area contributed by atoms with E-state index in [1.807, 2.05) is 0 Å². The summed E-state index contributed by atoms with van der Waals surface area (Å²) >= 11 is 0. The molecule has 5 rings (SSSR count). The van der Waals surface area contributed by atoms with Crippen molar-refractivity contribution in [1.82, 2.24) is 41.3 Å². The van der Waals surface area contributed by atoms with Gasteiger partial charge in [-0.2, -0.15) is 0 Å². The first-order chi connectivity index (χ1) is 13.9. The van der Waals surface area contributed by atoms with Crippen LogP contribution in [-0.2, 0) is 0 Å². The fraction of sp³-hybridized carbons (Fsp3) is 0. The van der Waals surface area contributed by atoms with Gasteiger partial charge in [0.25, 0.3) is 0 Å². The van der Waals surface area contributed by atoms with Gasteiger partial charge in [0.15, 0.2) is 0 Å². The summed E-state index contributed by atoms with van der Waals surface area (Å²) < 4.78 is 19.2. The highest BCUT2D eigenvalue weighted by molar-refractivity contribution is 5.81. The fourth-order valence-corrected chi connectivity index (χ4v) is 2.37. The molecule has 28 heavy (non-hydrogen) atoms. The van der Waals surface area contributed by atoms with Gasteiger partial charge in [-0.15, -0.1) is 0 Å². The summed E-state index contributed by atoms with van der Waals surface area (Å²) in [7, 11) is 0. The lowest BCUT2D eigenvalue weighted by Crippen LogP contribution is -1.84. The molecule has 0 bridgehead atoms. The summed E-state index contributed by atoms with van der Waals surface area (Å²) in [5.41, 5.74) is 3.87. The smallest absolute Gasteiger partial charge is 0.135 e. The van der Waals surface area contributed by atoms with Crippen LogP contribution in [-0.4, -0.2) is 41.3 Å². The summed E-state index contributed by atoms with van der Waals surface area (Å²) in [5, 5.41) is 30.9. The maximum Gasteiger partial charge on any atom is 0.135 e. The first-order valence-electron chi connectivity index (χ1n) is 7.89. The van der Waals surface area contributed by atoms with Crippen LogP contribution in [0.1, 0.15) is 45.6 Å². The Kier molecular flexibility index (Phi) is 3.76. The molecule has 1 aliphatic carbocycles. The van der Waals surface area contributed by atoms with Gasteiger partial charge >= 0.3 is 0 Å². The lowest BCUT2D eigenvalue weighted by molar-refractivity contribution is 0.305. The average molecular weight is 376 g/mol. The lowest BCUT2D eigenvalue weighted by Gasteiger charge is -1.90. The Morgan fingerprint density at radius 3 is 0.571 bits per heavy atom. The van der Waals surface area contributed by atoms with Crippen molar-refractivity contribution >= 4 is 48.6 Å². The Balaban J connectivity index is 1.64. The second-order valence-electron chi connectivity index (χ2n) is 5.47. The molecule has 0 spiro atoms. The highest BCUT2D eigenvalue weighted by Gasteiger charge is 2.11. The van der Waals surface area contributed by atoms with Crippen LogP contribution >= 0.6 is 0 Å². The number of fused-ring (bicyclic) bond motifs is 4. The van der Waals surface area contributed by atoms with E-state index in [1.165, 1.54) is 0 Å². The van der Waals surface area contributed by atoms with Crippen LogP contribution < -0.4 is 0 Å². The second-order valence-corrected chi connectivity index (χ2v) is 5.47. The zero-order valence-electron chi connectivity index (χ0n) is 13.8. The molecule has 0 saturated heterocycles. The van der Waals surface area contributed by atoms with Gasteiger partial charge in [-0.25, -0.2) is 18.5 Å². The van der Waals surface area contributed by atoms with Crippen molar-refractivity contribution in [2.24, 2.45) is 0 Å². The summed E-state index contributed by atoms with van der Waals surface area (Å²) in [6.07, 6.45) is 13.4. The predicted molar refractivity (Wildman–Crippen MR) is 92.9 cm³/mol. The SMILES string of the molecule is C1=Cc2nonc2/C=C\c2nonc2/C=C\c2nonc2/C=C\c2nonc21. The third kappa shape index (κ3) is 2.94. The molecule has 0 saturated carbocycles. The Hall–Kier alpha value is -4.48. The van der Waals surface area contributed by atoms with Crippen LogP contribution in [0.15, 0.2) is 18.5 Å². The van der Waals surface area contributed by atoms with E-state index in [2.05, 4.69) is 41.3 Å². The van der Waals surface area contributed by atoms with Gasteiger partial charge in [-0.05, 0) is 89.9 Å². The van der Waals surface area contributed by atoms with E-state index in [0.717, 1.165) is 0 Å². The molecule has 0 radical (unpaired) electrons. The third-order valence-electron chi connectivity index (χ3n) is 3.76. The normalized spacial score (nSPS) is 16.6. The van der Waals surface area contributed by atoms with Crippen LogP contribution in [0.3, 0.4) is 0 Å². The molecule has 4 aromatic heterocycles. The van der Waals surface area contributed by atoms with Crippen LogP contribution in [0.25, 0.3) is 48.6 Å². The molecular formula is C16H8N8O4. The van der Waals surface area contributed by atoms with Crippen LogP contribution in [0, 0.1) is 0 Å². The molecule has 12 heteroatoms. The maximum atomic E-state index is 4.81. The minimum atomic E-state index is 0.484. The molecule has 1 aliphatic rings. The first kappa shape index (κ1) is 15.7. The Bertz CT molecular complexity index is 964. The van der Waals surface area contributed by atoms with E-state index in [9.17, 15) is 0 Å². The zero-order valence-corrected chi connectivity index (χ0v) is 13.8. The molecular weight excluding hydrogens is 368 g/mol. The summed E-state index contributed by atoms with van der Waals surface area (Å²) in [5.74, 6) is 0. The molecule has 0 aromatic carbocycles. The van der Waals surface area contributed by atoms with Gasteiger partial charge in [-0.3, -0.25) is 0 Å². The quantitative estimate of drug-likeness (QED) is 0.389. The summed E-state index contributed by atoms with van der Waals surface area (Å²) in [6.45, 7) is 0. The van der Waals surface area contributed by atoms with Gasteiger partial charge in [0, 0.05) is 0 Å². The largest absolute Gasteiger partial charge is 0.243 e.